The van der Waals surface area contributed by atoms with Crippen molar-refractivity contribution in [2.45, 2.75) is 45.7 Å². The number of H-pyrrole nitrogens is 1. The van der Waals surface area contributed by atoms with Crippen LogP contribution in [0.5, 0.6) is 0 Å². The van der Waals surface area contributed by atoms with Gasteiger partial charge in [0.2, 0.25) is 5.91 Å². The minimum absolute atomic E-state index is 0.0401. The van der Waals surface area contributed by atoms with Crippen LogP contribution in [0.2, 0.25) is 5.02 Å². The van der Waals surface area contributed by atoms with Crippen LogP contribution in [0.25, 0.3) is 0 Å². The van der Waals surface area contributed by atoms with Crippen molar-refractivity contribution in [2.75, 3.05) is 0 Å². The molecule has 1 fully saturated rings. The largest absolute Gasteiger partial charge is 0.356 e. The molecule has 3 N–H and O–H groups in total. The summed E-state index contributed by atoms with van der Waals surface area (Å²) in [5, 5.41) is 6.46. The van der Waals surface area contributed by atoms with Crippen LogP contribution in [0.4, 0.5) is 0 Å². The normalized spacial score (nSPS) is 23.3. The molecule has 0 spiro atoms. The fourth-order valence-electron chi connectivity index (χ4n) is 2.52. The van der Waals surface area contributed by atoms with Gasteiger partial charge in [-0.1, -0.05) is 32.4 Å². The van der Waals surface area contributed by atoms with Crippen LogP contribution >= 0.6 is 11.6 Å². The van der Waals surface area contributed by atoms with Crippen LogP contribution in [0.15, 0.2) is 12.3 Å². The molecule has 20 heavy (non-hydrogen) atoms. The summed E-state index contributed by atoms with van der Waals surface area (Å²) in [6, 6.07) is 1.42. The maximum absolute atomic E-state index is 12.2. The number of carbonyl (C=O) groups is 2. The lowest BCUT2D eigenvalue weighted by Gasteiger charge is -2.40. The summed E-state index contributed by atoms with van der Waals surface area (Å²) in [6.45, 7) is 6.15. The number of nitrogens with one attached hydrogen (secondary N) is 3. The lowest BCUT2D eigenvalue weighted by atomic mass is 9.78. The van der Waals surface area contributed by atoms with Crippen LogP contribution < -0.4 is 10.6 Å². The van der Waals surface area contributed by atoms with Crippen molar-refractivity contribution in [1.29, 1.82) is 0 Å². The Kier molecular flexibility index (Phi) is 4.09. The van der Waals surface area contributed by atoms with Crippen molar-refractivity contribution in [1.82, 2.24) is 15.6 Å². The van der Waals surface area contributed by atoms with Gasteiger partial charge in [0, 0.05) is 12.6 Å². The third kappa shape index (κ3) is 3.33. The Morgan fingerprint density at radius 3 is 2.70 bits per heavy atom. The van der Waals surface area contributed by atoms with Crippen molar-refractivity contribution in [3.05, 3.63) is 23.0 Å². The second kappa shape index (κ2) is 5.48. The van der Waals surface area contributed by atoms with Gasteiger partial charge in [-0.3, -0.25) is 9.59 Å². The number of aromatic nitrogens is 1. The van der Waals surface area contributed by atoms with Crippen LogP contribution in [-0.4, -0.2) is 28.9 Å². The third-order valence-corrected chi connectivity index (χ3v) is 3.76. The Bertz CT molecular complexity index is 519. The fraction of sp³-hybridized carbons (Fsp3) is 0.571. The molecule has 0 bridgehead atoms. The van der Waals surface area contributed by atoms with Crippen molar-refractivity contribution in [3.63, 3.8) is 0 Å². The number of amides is 2. The molecular weight excluding hydrogens is 278 g/mol. The summed E-state index contributed by atoms with van der Waals surface area (Å²) in [6.07, 6.45) is 2.65. The molecule has 2 atom stereocenters. The van der Waals surface area contributed by atoms with Gasteiger partial charge in [0.05, 0.1) is 17.1 Å². The van der Waals surface area contributed by atoms with Gasteiger partial charge in [-0.2, -0.15) is 0 Å². The first-order valence-electron chi connectivity index (χ1n) is 6.71. The maximum atomic E-state index is 12.2. The van der Waals surface area contributed by atoms with E-state index in [1.165, 1.54) is 0 Å². The van der Waals surface area contributed by atoms with Gasteiger partial charge >= 0.3 is 0 Å². The van der Waals surface area contributed by atoms with E-state index in [1.807, 2.05) is 20.8 Å². The highest BCUT2D eigenvalue weighted by Gasteiger charge is 2.37. The summed E-state index contributed by atoms with van der Waals surface area (Å²) in [5.41, 5.74) is 0.307. The van der Waals surface area contributed by atoms with E-state index in [4.69, 9.17) is 11.6 Å². The summed E-state index contributed by atoms with van der Waals surface area (Å²) < 4.78 is 0. The third-order valence-electron chi connectivity index (χ3n) is 3.54. The van der Waals surface area contributed by atoms with E-state index < -0.39 is 0 Å². The first-order chi connectivity index (χ1) is 9.27. The summed E-state index contributed by atoms with van der Waals surface area (Å²) in [5.74, 6) is -0.161. The first-order valence-corrected chi connectivity index (χ1v) is 7.09. The van der Waals surface area contributed by atoms with Crippen LogP contribution in [0, 0.1) is 5.41 Å². The fourth-order valence-corrected chi connectivity index (χ4v) is 2.68. The highest BCUT2D eigenvalue weighted by atomic mass is 35.5. The zero-order valence-corrected chi connectivity index (χ0v) is 12.7. The molecule has 0 saturated carbocycles. The number of hydrogen-bond acceptors (Lipinski definition) is 2. The molecule has 1 aromatic rings. The number of halogens is 1. The Morgan fingerprint density at radius 2 is 2.15 bits per heavy atom. The van der Waals surface area contributed by atoms with Crippen LogP contribution in [0.1, 0.15) is 44.1 Å². The van der Waals surface area contributed by atoms with Gasteiger partial charge in [0.15, 0.2) is 0 Å². The molecule has 1 aromatic heterocycles. The van der Waals surface area contributed by atoms with E-state index in [1.54, 1.807) is 12.3 Å². The van der Waals surface area contributed by atoms with Crippen molar-refractivity contribution in [2.24, 2.45) is 5.41 Å². The van der Waals surface area contributed by atoms with Gasteiger partial charge < -0.3 is 15.6 Å². The maximum Gasteiger partial charge on any atom is 0.268 e. The van der Waals surface area contributed by atoms with Gasteiger partial charge in [-0.05, 0) is 17.9 Å². The lowest BCUT2D eigenvalue weighted by molar-refractivity contribution is -0.125. The van der Waals surface area contributed by atoms with E-state index in [0.717, 1.165) is 0 Å². The summed E-state index contributed by atoms with van der Waals surface area (Å²) >= 11 is 5.80. The first kappa shape index (κ1) is 14.9. The molecule has 1 saturated heterocycles. The molecule has 6 heteroatoms. The number of hydrogen-bond donors (Lipinski definition) is 3. The van der Waals surface area contributed by atoms with E-state index in [-0.39, 0.29) is 29.3 Å². The monoisotopic (exact) mass is 297 g/mol. The smallest absolute Gasteiger partial charge is 0.268 e. The second-order valence-corrected chi connectivity index (χ2v) is 6.70. The van der Waals surface area contributed by atoms with Crippen LogP contribution in [-0.2, 0) is 4.79 Å². The van der Waals surface area contributed by atoms with E-state index in [9.17, 15) is 9.59 Å². The molecule has 2 amide bonds. The van der Waals surface area contributed by atoms with Crippen LogP contribution in [0.3, 0.4) is 0 Å². The molecule has 1 aliphatic heterocycles. The molecule has 0 aromatic carbocycles. The topological polar surface area (TPSA) is 74.0 Å². The molecule has 0 aliphatic carbocycles. The predicted molar refractivity (Wildman–Crippen MR) is 77.7 cm³/mol. The molecule has 0 unspecified atom stereocenters. The van der Waals surface area contributed by atoms with Crippen molar-refractivity contribution < 1.29 is 9.59 Å². The predicted octanol–water partition coefficient (Wildman–Crippen LogP) is 2.09. The van der Waals surface area contributed by atoms with Gasteiger partial charge in [0.1, 0.15) is 5.69 Å². The number of rotatable bonds is 2. The van der Waals surface area contributed by atoms with Gasteiger partial charge in [0.25, 0.3) is 5.91 Å². The molecular formula is C14H20ClN3O2. The average Bonchev–Trinajstić information content (AvgIpc) is 2.77. The minimum Gasteiger partial charge on any atom is -0.356 e. The Hall–Kier alpha value is -1.49. The van der Waals surface area contributed by atoms with E-state index in [0.29, 0.717) is 23.6 Å². The molecule has 1 aliphatic rings. The minimum atomic E-state index is -0.202. The highest BCUT2D eigenvalue weighted by Crippen LogP contribution is 2.27. The molecule has 2 rings (SSSR count). The Labute approximate surface area is 123 Å². The lowest BCUT2D eigenvalue weighted by Crippen LogP contribution is -2.60. The van der Waals surface area contributed by atoms with Crippen molar-refractivity contribution in [3.8, 4) is 0 Å². The molecule has 0 radical (unpaired) electrons. The highest BCUT2D eigenvalue weighted by molar-refractivity contribution is 6.30. The average molecular weight is 298 g/mol. The Morgan fingerprint density at radius 1 is 1.45 bits per heavy atom. The second-order valence-electron chi connectivity index (χ2n) is 6.26. The number of carbonyl (C=O) groups excluding carboxylic acids is 2. The van der Waals surface area contributed by atoms with Gasteiger partial charge in [-0.25, -0.2) is 0 Å². The van der Waals surface area contributed by atoms with E-state index in [2.05, 4.69) is 15.6 Å². The number of aromatic amines is 1. The molecule has 110 valence electrons. The number of piperidine rings is 1. The molecule has 5 nitrogen and oxygen atoms in total. The van der Waals surface area contributed by atoms with Gasteiger partial charge in [-0.15, -0.1) is 0 Å². The Balaban J connectivity index is 2.10. The van der Waals surface area contributed by atoms with Crippen molar-refractivity contribution >= 4 is 23.4 Å². The zero-order valence-electron chi connectivity index (χ0n) is 11.9. The standard InChI is InChI=1S/C14H20ClN3O2/c1-14(2,3)12-9(4-5-11(19)18-12)17-13(20)10-6-8(15)7-16-10/h6-7,9,12,16H,4-5H2,1-3H3,(H,17,20)(H,18,19)/t9-,12-/m1/s1. The summed E-state index contributed by atoms with van der Waals surface area (Å²) in [7, 11) is 0. The van der Waals surface area contributed by atoms with E-state index >= 15 is 0 Å². The molecule has 2 heterocycles. The summed E-state index contributed by atoms with van der Waals surface area (Å²) in [4.78, 5) is 26.6. The SMILES string of the molecule is CC(C)(C)[C@@H]1NC(=O)CC[C@H]1NC(=O)c1cc(Cl)c[nH]1. The quantitative estimate of drug-likeness (QED) is 0.782. The zero-order chi connectivity index (χ0) is 14.9.